The smallest absolute Gasteiger partial charge is 0.291 e. The van der Waals surface area contributed by atoms with Crippen LogP contribution < -0.4 is 11.1 Å². The fraction of sp³-hybridized carbons (Fsp3) is 0.400. The van der Waals surface area contributed by atoms with Crippen LogP contribution in [-0.4, -0.2) is 33.8 Å². The molecule has 0 fully saturated rings. The lowest BCUT2D eigenvalue weighted by atomic mass is 10.0. The molecule has 0 spiro atoms. The maximum absolute atomic E-state index is 11.9. The molecule has 0 aliphatic carbocycles. The maximum atomic E-state index is 11.9. The summed E-state index contributed by atoms with van der Waals surface area (Å²) in [7, 11) is 0. The molecule has 0 atom stereocenters. The Labute approximate surface area is 136 Å². The van der Waals surface area contributed by atoms with Crippen molar-refractivity contribution in [2.24, 2.45) is 5.73 Å². The van der Waals surface area contributed by atoms with E-state index in [2.05, 4.69) is 35.3 Å². The van der Waals surface area contributed by atoms with E-state index < -0.39 is 0 Å². The molecule has 0 aliphatic heterocycles. The molecule has 0 bridgehead atoms. The number of aromatic nitrogens is 3. The number of hydrogen-bond acceptors (Lipinski definition) is 4. The monoisotopic (exact) mass is 323 g/mol. The molecule has 0 radical (unpaired) electrons. The van der Waals surface area contributed by atoms with Gasteiger partial charge in [0, 0.05) is 13.1 Å². The number of halogens is 1. The largest absolute Gasteiger partial charge is 0.348 e. The van der Waals surface area contributed by atoms with Gasteiger partial charge in [-0.2, -0.15) is 0 Å². The minimum atomic E-state index is -0.302. The van der Waals surface area contributed by atoms with Crippen LogP contribution in [0.2, 0.25) is 0 Å². The van der Waals surface area contributed by atoms with Gasteiger partial charge in [0.1, 0.15) is 5.82 Å². The normalized spacial score (nSPS) is 10.4. The molecule has 1 aromatic heterocycles. The second-order valence-corrected chi connectivity index (χ2v) is 5.15. The van der Waals surface area contributed by atoms with Crippen molar-refractivity contribution in [3.05, 3.63) is 41.5 Å². The summed E-state index contributed by atoms with van der Waals surface area (Å²) in [6, 6.07) is 8.00. The van der Waals surface area contributed by atoms with E-state index in [4.69, 9.17) is 5.73 Å². The molecule has 1 heterocycles. The quantitative estimate of drug-likeness (QED) is 0.878. The summed E-state index contributed by atoms with van der Waals surface area (Å²) in [6.07, 6.45) is 0. The van der Waals surface area contributed by atoms with Crippen molar-refractivity contribution >= 4 is 18.3 Å². The summed E-state index contributed by atoms with van der Waals surface area (Å²) in [5.41, 5.74) is 7.49. The number of nitrogens with zero attached hydrogens (tertiary/aromatic N) is 3. The highest BCUT2D eigenvalue weighted by molar-refractivity contribution is 5.90. The number of nitrogens with one attached hydrogen (secondary N) is 1. The number of rotatable bonds is 5. The second-order valence-electron chi connectivity index (χ2n) is 5.15. The van der Waals surface area contributed by atoms with Crippen molar-refractivity contribution in [1.29, 1.82) is 0 Å². The highest BCUT2D eigenvalue weighted by Crippen LogP contribution is 2.23. The minimum Gasteiger partial charge on any atom is -0.348 e. The molecule has 3 N–H and O–H groups in total. The molecule has 6 nitrogen and oxygen atoms in total. The first-order valence-electron chi connectivity index (χ1n) is 7.05. The van der Waals surface area contributed by atoms with Crippen LogP contribution in [0.15, 0.2) is 24.3 Å². The van der Waals surface area contributed by atoms with Gasteiger partial charge < -0.3 is 11.1 Å². The van der Waals surface area contributed by atoms with Crippen molar-refractivity contribution in [1.82, 2.24) is 20.1 Å². The third-order valence-corrected chi connectivity index (χ3v) is 3.19. The lowest BCUT2D eigenvalue weighted by Crippen LogP contribution is -2.29. The van der Waals surface area contributed by atoms with Gasteiger partial charge in [-0.25, -0.2) is 9.67 Å². The van der Waals surface area contributed by atoms with Crippen LogP contribution in [0.3, 0.4) is 0 Å². The average molecular weight is 324 g/mol. The third-order valence-electron chi connectivity index (χ3n) is 3.19. The van der Waals surface area contributed by atoms with Crippen molar-refractivity contribution in [2.45, 2.75) is 26.7 Å². The lowest BCUT2D eigenvalue weighted by Gasteiger charge is -2.12. The predicted molar refractivity (Wildman–Crippen MR) is 88.8 cm³/mol. The van der Waals surface area contributed by atoms with Crippen LogP contribution in [0.4, 0.5) is 0 Å². The van der Waals surface area contributed by atoms with E-state index in [-0.39, 0.29) is 24.1 Å². The van der Waals surface area contributed by atoms with E-state index >= 15 is 0 Å². The van der Waals surface area contributed by atoms with Crippen molar-refractivity contribution in [3.63, 3.8) is 0 Å². The first-order valence-corrected chi connectivity index (χ1v) is 7.05. The highest BCUT2D eigenvalue weighted by atomic mass is 35.5. The molecule has 0 saturated carbocycles. The Kier molecular flexibility index (Phi) is 6.52. The molecule has 2 aromatic rings. The van der Waals surface area contributed by atoms with Crippen LogP contribution in [0.1, 0.15) is 41.8 Å². The predicted octanol–water partition coefficient (Wildman–Crippen LogP) is 1.81. The molecule has 0 unspecified atom stereocenters. The van der Waals surface area contributed by atoms with E-state index in [1.165, 1.54) is 5.56 Å². The van der Waals surface area contributed by atoms with Crippen molar-refractivity contribution < 1.29 is 4.79 Å². The first kappa shape index (κ1) is 18.1. The Balaban J connectivity index is 0.00000242. The fourth-order valence-electron chi connectivity index (χ4n) is 2.15. The van der Waals surface area contributed by atoms with Crippen molar-refractivity contribution in [3.8, 4) is 5.69 Å². The van der Waals surface area contributed by atoms with Gasteiger partial charge in [-0.05, 0) is 24.5 Å². The minimum absolute atomic E-state index is 0. The Morgan fingerprint density at radius 3 is 2.68 bits per heavy atom. The number of carbonyl (C=O) groups is 1. The summed E-state index contributed by atoms with van der Waals surface area (Å²) in [6.45, 7) is 6.89. The second kappa shape index (κ2) is 7.91. The van der Waals surface area contributed by atoms with Gasteiger partial charge >= 0.3 is 0 Å². The fourth-order valence-corrected chi connectivity index (χ4v) is 2.15. The number of aryl methyl sites for hydroxylation is 1. The average Bonchev–Trinajstić information content (AvgIpc) is 2.86. The van der Waals surface area contributed by atoms with Gasteiger partial charge in [0.15, 0.2) is 0 Å². The van der Waals surface area contributed by atoms with Gasteiger partial charge in [-0.1, -0.05) is 32.0 Å². The summed E-state index contributed by atoms with van der Waals surface area (Å²) in [5.74, 6) is 0.907. The Morgan fingerprint density at radius 1 is 1.36 bits per heavy atom. The molecular weight excluding hydrogens is 302 g/mol. The van der Waals surface area contributed by atoms with E-state index in [0.29, 0.717) is 24.8 Å². The summed E-state index contributed by atoms with van der Waals surface area (Å²) < 4.78 is 1.71. The van der Waals surface area contributed by atoms with E-state index in [0.717, 1.165) is 5.69 Å². The van der Waals surface area contributed by atoms with Crippen LogP contribution in [0, 0.1) is 6.92 Å². The van der Waals surface area contributed by atoms with Gasteiger partial charge in [0.05, 0.1) is 5.69 Å². The molecule has 7 heteroatoms. The number of amides is 1. The molecule has 0 saturated heterocycles. The standard InChI is InChI=1S/C15H21N5O.ClH/c1-10(2)12-6-4-5-7-13(12)20-11(3)18-14(19-20)15(21)17-9-8-16;/h4-7,10H,8-9,16H2,1-3H3,(H,17,21);1H. The number of benzene rings is 1. The summed E-state index contributed by atoms with van der Waals surface area (Å²) >= 11 is 0. The van der Waals surface area contributed by atoms with Gasteiger partial charge in [-0.3, -0.25) is 4.79 Å². The summed E-state index contributed by atoms with van der Waals surface area (Å²) in [4.78, 5) is 16.2. The van der Waals surface area contributed by atoms with E-state index in [1.807, 2.05) is 25.1 Å². The van der Waals surface area contributed by atoms with Crippen molar-refractivity contribution in [2.75, 3.05) is 13.1 Å². The number of nitrogens with two attached hydrogens (primary N) is 1. The molecular formula is C15H22ClN5O. The highest BCUT2D eigenvalue weighted by Gasteiger charge is 2.17. The lowest BCUT2D eigenvalue weighted by molar-refractivity contribution is 0.0944. The number of carbonyl (C=O) groups excluding carboxylic acids is 1. The molecule has 22 heavy (non-hydrogen) atoms. The Morgan fingerprint density at radius 2 is 2.05 bits per heavy atom. The SMILES string of the molecule is Cc1nc(C(=O)NCCN)nn1-c1ccccc1C(C)C.Cl. The topological polar surface area (TPSA) is 85.8 Å². The Bertz CT molecular complexity index is 639. The van der Waals surface area contributed by atoms with Crippen LogP contribution >= 0.6 is 12.4 Å². The first-order chi connectivity index (χ1) is 10.0. The molecule has 1 aromatic carbocycles. The zero-order valence-electron chi connectivity index (χ0n) is 13.0. The zero-order valence-corrected chi connectivity index (χ0v) is 13.9. The van der Waals surface area contributed by atoms with Gasteiger partial charge in [-0.15, -0.1) is 17.5 Å². The van der Waals surface area contributed by atoms with Gasteiger partial charge in [0.25, 0.3) is 5.91 Å². The number of hydrogen-bond donors (Lipinski definition) is 2. The van der Waals surface area contributed by atoms with E-state index in [9.17, 15) is 4.79 Å². The molecule has 1 amide bonds. The Hall–Kier alpha value is -1.92. The number of para-hydroxylation sites is 1. The van der Waals surface area contributed by atoms with E-state index in [1.54, 1.807) is 4.68 Å². The van der Waals surface area contributed by atoms with Gasteiger partial charge in [0.2, 0.25) is 5.82 Å². The summed E-state index contributed by atoms with van der Waals surface area (Å²) in [5, 5.41) is 7.00. The molecule has 0 aliphatic rings. The van der Waals surface area contributed by atoms with Crippen LogP contribution in [-0.2, 0) is 0 Å². The molecule has 120 valence electrons. The van der Waals surface area contributed by atoms with Crippen LogP contribution in [0.5, 0.6) is 0 Å². The zero-order chi connectivity index (χ0) is 15.4. The van der Waals surface area contributed by atoms with Crippen LogP contribution in [0.25, 0.3) is 5.69 Å². The molecule has 2 rings (SSSR count). The third kappa shape index (κ3) is 3.84. The maximum Gasteiger partial charge on any atom is 0.291 e.